The van der Waals surface area contributed by atoms with Gasteiger partial charge in [-0.15, -0.1) is 5.10 Å². The van der Waals surface area contributed by atoms with Crippen molar-refractivity contribution in [3.05, 3.63) is 63.2 Å². The van der Waals surface area contributed by atoms with E-state index in [9.17, 15) is 14.9 Å². The monoisotopic (exact) mass is 383 g/mol. The Labute approximate surface area is 161 Å². The molecule has 1 atom stereocenters. The van der Waals surface area contributed by atoms with Crippen molar-refractivity contribution in [1.82, 2.24) is 24.5 Å². The van der Waals surface area contributed by atoms with E-state index in [0.29, 0.717) is 12.2 Å². The summed E-state index contributed by atoms with van der Waals surface area (Å²) in [6, 6.07) is 7.20. The van der Waals surface area contributed by atoms with Gasteiger partial charge in [-0.3, -0.25) is 24.9 Å². The SMILES string of the molecule is Cc1ccccc1Cn1cnc(NC(=O)C(C)n2nc(C)c([N+](=O)[O-])c2C)n1. The molecule has 1 N–H and O–H groups in total. The lowest BCUT2D eigenvalue weighted by Gasteiger charge is -2.12. The second-order valence-corrected chi connectivity index (χ2v) is 6.58. The minimum absolute atomic E-state index is 0.0831. The Balaban J connectivity index is 1.72. The Morgan fingerprint density at radius 3 is 2.61 bits per heavy atom. The third-order valence-electron chi connectivity index (χ3n) is 4.58. The van der Waals surface area contributed by atoms with Crippen molar-refractivity contribution in [2.24, 2.45) is 0 Å². The molecule has 1 unspecified atom stereocenters. The van der Waals surface area contributed by atoms with Gasteiger partial charge in [-0.25, -0.2) is 9.67 Å². The predicted octanol–water partition coefficient (Wildman–Crippen LogP) is 2.56. The molecule has 0 aliphatic rings. The lowest BCUT2D eigenvalue weighted by molar-refractivity contribution is -0.386. The molecule has 2 heterocycles. The summed E-state index contributed by atoms with van der Waals surface area (Å²) in [6.45, 7) is 7.28. The molecule has 28 heavy (non-hydrogen) atoms. The van der Waals surface area contributed by atoms with E-state index in [1.807, 2.05) is 31.2 Å². The molecule has 0 spiro atoms. The molecule has 1 amide bonds. The van der Waals surface area contributed by atoms with Crippen LogP contribution in [-0.2, 0) is 11.3 Å². The fourth-order valence-corrected chi connectivity index (χ4v) is 3.01. The summed E-state index contributed by atoms with van der Waals surface area (Å²) in [7, 11) is 0. The molecule has 10 nitrogen and oxygen atoms in total. The van der Waals surface area contributed by atoms with Crippen LogP contribution >= 0.6 is 0 Å². The summed E-state index contributed by atoms with van der Waals surface area (Å²) in [6.07, 6.45) is 1.54. The molecule has 0 aliphatic carbocycles. The Kier molecular flexibility index (Phi) is 5.21. The van der Waals surface area contributed by atoms with Crippen LogP contribution in [0.5, 0.6) is 0 Å². The van der Waals surface area contributed by atoms with Gasteiger partial charge in [0.2, 0.25) is 5.95 Å². The van der Waals surface area contributed by atoms with E-state index in [2.05, 4.69) is 20.5 Å². The zero-order valence-electron chi connectivity index (χ0n) is 16.1. The topological polar surface area (TPSA) is 121 Å². The molecular weight excluding hydrogens is 362 g/mol. The van der Waals surface area contributed by atoms with Crippen LogP contribution in [0.3, 0.4) is 0 Å². The van der Waals surface area contributed by atoms with Gasteiger partial charge in [0.25, 0.3) is 5.91 Å². The zero-order valence-corrected chi connectivity index (χ0v) is 16.1. The lowest BCUT2D eigenvalue weighted by Crippen LogP contribution is -2.26. The highest BCUT2D eigenvalue weighted by Gasteiger charge is 2.27. The molecule has 0 saturated carbocycles. The maximum absolute atomic E-state index is 12.5. The summed E-state index contributed by atoms with van der Waals surface area (Å²) in [4.78, 5) is 27.3. The van der Waals surface area contributed by atoms with Crippen molar-refractivity contribution in [3.63, 3.8) is 0 Å². The van der Waals surface area contributed by atoms with Crippen molar-refractivity contribution in [1.29, 1.82) is 0 Å². The number of anilines is 1. The largest absolute Gasteiger partial charge is 0.312 e. The summed E-state index contributed by atoms with van der Waals surface area (Å²) in [5.41, 5.74) is 2.75. The number of carbonyl (C=O) groups is 1. The van der Waals surface area contributed by atoms with Gasteiger partial charge in [-0.2, -0.15) is 5.10 Å². The highest BCUT2D eigenvalue weighted by molar-refractivity contribution is 5.91. The molecule has 0 fully saturated rings. The molecule has 3 aromatic rings. The highest BCUT2D eigenvalue weighted by atomic mass is 16.6. The standard InChI is InChI=1S/C18H21N7O3/c1-11-7-5-6-8-15(11)9-23-10-19-18(22-23)20-17(26)14(4)24-13(3)16(25(27)28)12(2)21-24/h5-8,10,14H,9H2,1-4H3,(H,20,22,26). The first-order valence-electron chi connectivity index (χ1n) is 8.73. The number of hydrogen-bond donors (Lipinski definition) is 1. The van der Waals surface area contributed by atoms with Crippen LogP contribution in [0.15, 0.2) is 30.6 Å². The van der Waals surface area contributed by atoms with Crippen molar-refractivity contribution in [2.75, 3.05) is 5.32 Å². The molecule has 10 heteroatoms. The van der Waals surface area contributed by atoms with Gasteiger partial charge in [0.05, 0.1) is 11.5 Å². The molecule has 0 radical (unpaired) electrons. The van der Waals surface area contributed by atoms with Gasteiger partial charge >= 0.3 is 5.69 Å². The molecular formula is C18H21N7O3. The van der Waals surface area contributed by atoms with E-state index in [0.717, 1.165) is 11.1 Å². The number of hydrogen-bond acceptors (Lipinski definition) is 6. The van der Waals surface area contributed by atoms with E-state index < -0.39 is 16.9 Å². The second-order valence-electron chi connectivity index (χ2n) is 6.58. The average molecular weight is 383 g/mol. The fourth-order valence-electron chi connectivity index (χ4n) is 3.01. The minimum Gasteiger partial charge on any atom is -0.291 e. The van der Waals surface area contributed by atoms with Gasteiger partial charge < -0.3 is 0 Å². The molecule has 0 aliphatic heterocycles. The minimum atomic E-state index is -0.754. The van der Waals surface area contributed by atoms with E-state index >= 15 is 0 Å². The van der Waals surface area contributed by atoms with Gasteiger partial charge in [-0.05, 0) is 38.8 Å². The van der Waals surface area contributed by atoms with E-state index in [4.69, 9.17) is 0 Å². The zero-order chi connectivity index (χ0) is 20.4. The van der Waals surface area contributed by atoms with Crippen molar-refractivity contribution in [3.8, 4) is 0 Å². The maximum Gasteiger partial charge on any atom is 0.312 e. The maximum atomic E-state index is 12.5. The number of nitrogens with zero attached hydrogens (tertiary/aromatic N) is 6. The average Bonchev–Trinajstić information content (AvgIpc) is 3.19. The van der Waals surface area contributed by atoms with Crippen LogP contribution in [0.2, 0.25) is 0 Å². The lowest BCUT2D eigenvalue weighted by atomic mass is 10.1. The molecule has 2 aromatic heterocycles. The first-order chi connectivity index (χ1) is 13.3. The smallest absolute Gasteiger partial charge is 0.291 e. The first kappa shape index (κ1) is 19.2. The van der Waals surface area contributed by atoms with Crippen LogP contribution in [0, 0.1) is 30.9 Å². The summed E-state index contributed by atoms with van der Waals surface area (Å²) in [5.74, 6) is -0.240. The number of aryl methyl sites for hydroxylation is 2. The molecule has 0 saturated heterocycles. The van der Waals surface area contributed by atoms with Crippen LogP contribution in [-0.4, -0.2) is 35.4 Å². The molecule has 0 bridgehead atoms. The third-order valence-corrected chi connectivity index (χ3v) is 4.58. The third kappa shape index (κ3) is 3.75. The molecule has 146 valence electrons. The van der Waals surface area contributed by atoms with E-state index in [1.54, 1.807) is 31.8 Å². The second kappa shape index (κ2) is 7.59. The summed E-state index contributed by atoms with van der Waals surface area (Å²) in [5, 5.41) is 22.2. The van der Waals surface area contributed by atoms with Crippen LogP contribution in [0.25, 0.3) is 0 Å². The summed E-state index contributed by atoms with van der Waals surface area (Å²) >= 11 is 0. The van der Waals surface area contributed by atoms with E-state index in [-0.39, 0.29) is 17.3 Å². The van der Waals surface area contributed by atoms with Crippen LogP contribution in [0.1, 0.15) is 35.5 Å². The Morgan fingerprint density at radius 2 is 1.96 bits per heavy atom. The normalized spacial score (nSPS) is 12.0. The number of carbonyl (C=O) groups excluding carboxylic acids is 1. The van der Waals surface area contributed by atoms with Crippen LogP contribution < -0.4 is 5.32 Å². The fraction of sp³-hybridized carbons (Fsp3) is 0.333. The quantitative estimate of drug-likeness (QED) is 0.516. The van der Waals surface area contributed by atoms with Crippen molar-refractivity contribution < 1.29 is 9.72 Å². The van der Waals surface area contributed by atoms with Gasteiger partial charge in [0.15, 0.2) is 0 Å². The van der Waals surface area contributed by atoms with Gasteiger partial charge in [-0.1, -0.05) is 24.3 Å². The van der Waals surface area contributed by atoms with Crippen molar-refractivity contribution >= 4 is 17.5 Å². The number of benzene rings is 1. The Morgan fingerprint density at radius 1 is 1.25 bits per heavy atom. The van der Waals surface area contributed by atoms with Gasteiger partial charge in [0, 0.05) is 0 Å². The predicted molar refractivity (Wildman–Crippen MR) is 102 cm³/mol. The van der Waals surface area contributed by atoms with Crippen LogP contribution in [0.4, 0.5) is 11.6 Å². The highest BCUT2D eigenvalue weighted by Crippen LogP contribution is 2.25. The summed E-state index contributed by atoms with van der Waals surface area (Å²) < 4.78 is 2.98. The first-order valence-corrected chi connectivity index (χ1v) is 8.73. The molecule has 3 rings (SSSR count). The Bertz CT molecular complexity index is 1040. The Hall–Kier alpha value is -3.56. The number of rotatable bonds is 6. The van der Waals surface area contributed by atoms with E-state index in [1.165, 1.54) is 4.68 Å². The number of aromatic nitrogens is 5. The number of nitrogens with one attached hydrogen (secondary N) is 1. The number of nitro groups is 1. The molecule has 1 aromatic carbocycles. The van der Waals surface area contributed by atoms with Crippen molar-refractivity contribution in [2.45, 2.75) is 40.3 Å². The van der Waals surface area contributed by atoms with Gasteiger partial charge in [0.1, 0.15) is 23.8 Å². The number of amides is 1.